The molecule has 92 valence electrons. The molecule has 17 heavy (non-hydrogen) atoms. The molecule has 2 rings (SSSR count). The second kappa shape index (κ2) is 5.25. The van der Waals surface area contributed by atoms with Crippen molar-refractivity contribution >= 4 is 5.91 Å². The van der Waals surface area contributed by atoms with E-state index in [1.54, 1.807) is 4.90 Å². The topological polar surface area (TPSA) is 49.8 Å². The van der Waals surface area contributed by atoms with Gasteiger partial charge in [-0.15, -0.1) is 0 Å². The average molecular weight is 239 g/mol. The van der Waals surface area contributed by atoms with Crippen molar-refractivity contribution in [3.8, 4) is 0 Å². The molecule has 0 radical (unpaired) electrons. The van der Waals surface area contributed by atoms with Gasteiger partial charge in [0.1, 0.15) is 5.82 Å². The summed E-state index contributed by atoms with van der Waals surface area (Å²) in [5.74, 6) is -0.574. The number of carbonyl (C=O) groups is 1. The van der Waals surface area contributed by atoms with Gasteiger partial charge in [-0.3, -0.25) is 4.79 Å². The molecule has 4 nitrogen and oxygen atoms in total. The second-order valence-electron chi connectivity index (χ2n) is 3.92. The van der Waals surface area contributed by atoms with Crippen molar-refractivity contribution in [2.45, 2.75) is 6.04 Å². The Morgan fingerprint density at radius 3 is 2.82 bits per heavy atom. The number of morpholine rings is 1. The van der Waals surface area contributed by atoms with E-state index in [9.17, 15) is 9.18 Å². The molecule has 1 saturated heterocycles. The number of rotatable bonds is 2. The van der Waals surface area contributed by atoms with Gasteiger partial charge in [-0.05, 0) is 24.3 Å². The maximum absolute atomic E-state index is 12.8. The van der Waals surface area contributed by atoms with Crippen LogP contribution < -0.4 is 0 Å². The van der Waals surface area contributed by atoms with Crippen LogP contribution in [-0.2, 0) is 4.74 Å². The quantitative estimate of drug-likeness (QED) is 0.824. The van der Waals surface area contributed by atoms with Crippen LogP contribution in [0.4, 0.5) is 4.39 Å². The number of nitrogens with zero attached hydrogens (tertiary/aromatic N) is 1. The van der Waals surface area contributed by atoms with Crippen molar-refractivity contribution in [2.75, 3.05) is 26.4 Å². The Kier molecular flexibility index (Phi) is 3.71. The molecule has 1 amide bonds. The molecular formula is C12H14FNO3. The van der Waals surface area contributed by atoms with E-state index in [4.69, 9.17) is 9.84 Å². The molecule has 1 aliphatic rings. The van der Waals surface area contributed by atoms with Gasteiger partial charge in [-0.2, -0.15) is 0 Å². The lowest BCUT2D eigenvalue weighted by Gasteiger charge is -2.34. The predicted molar refractivity (Wildman–Crippen MR) is 59.1 cm³/mol. The van der Waals surface area contributed by atoms with Crippen molar-refractivity contribution in [2.24, 2.45) is 0 Å². The van der Waals surface area contributed by atoms with Crippen LogP contribution in [0.2, 0.25) is 0 Å². The van der Waals surface area contributed by atoms with Gasteiger partial charge in [0.2, 0.25) is 0 Å². The molecule has 1 N–H and O–H groups in total. The molecule has 0 aromatic heterocycles. The first kappa shape index (κ1) is 12.0. The van der Waals surface area contributed by atoms with Crippen molar-refractivity contribution in [3.05, 3.63) is 35.6 Å². The van der Waals surface area contributed by atoms with Gasteiger partial charge in [0.05, 0.1) is 25.9 Å². The number of aliphatic hydroxyl groups excluding tert-OH is 1. The molecule has 1 aromatic carbocycles. The largest absolute Gasteiger partial charge is 0.394 e. The van der Waals surface area contributed by atoms with E-state index >= 15 is 0 Å². The molecule has 0 bridgehead atoms. The van der Waals surface area contributed by atoms with Crippen molar-refractivity contribution in [3.63, 3.8) is 0 Å². The Morgan fingerprint density at radius 2 is 2.18 bits per heavy atom. The highest BCUT2D eigenvalue weighted by molar-refractivity contribution is 5.94. The summed E-state index contributed by atoms with van der Waals surface area (Å²) in [5, 5.41) is 9.17. The third-order valence-corrected chi connectivity index (χ3v) is 2.79. The minimum atomic E-state index is -0.373. The molecule has 0 saturated carbocycles. The Morgan fingerprint density at radius 1 is 1.47 bits per heavy atom. The van der Waals surface area contributed by atoms with E-state index in [1.807, 2.05) is 0 Å². The van der Waals surface area contributed by atoms with Crippen LogP contribution in [0.5, 0.6) is 0 Å². The van der Waals surface area contributed by atoms with Crippen molar-refractivity contribution in [1.29, 1.82) is 0 Å². The predicted octanol–water partition coefficient (Wildman–Crippen LogP) is 0.659. The molecular weight excluding hydrogens is 225 g/mol. The van der Waals surface area contributed by atoms with Crippen LogP contribution in [0.3, 0.4) is 0 Å². The summed E-state index contributed by atoms with van der Waals surface area (Å²) >= 11 is 0. The van der Waals surface area contributed by atoms with E-state index in [0.717, 1.165) is 0 Å². The molecule has 0 spiro atoms. The van der Waals surface area contributed by atoms with E-state index < -0.39 is 0 Å². The molecule has 1 atom stereocenters. The van der Waals surface area contributed by atoms with Crippen LogP contribution >= 0.6 is 0 Å². The molecule has 5 heteroatoms. The summed E-state index contributed by atoms with van der Waals surface area (Å²) < 4.78 is 17.9. The molecule has 1 aliphatic heterocycles. The highest BCUT2D eigenvalue weighted by atomic mass is 19.1. The highest BCUT2D eigenvalue weighted by Crippen LogP contribution is 2.12. The Bertz CT molecular complexity index is 393. The van der Waals surface area contributed by atoms with Gasteiger partial charge < -0.3 is 14.7 Å². The lowest BCUT2D eigenvalue weighted by atomic mass is 10.1. The third kappa shape index (κ3) is 2.62. The van der Waals surface area contributed by atoms with Crippen molar-refractivity contribution < 1.29 is 19.0 Å². The third-order valence-electron chi connectivity index (χ3n) is 2.79. The minimum absolute atomic E-state index is 0.132. The zero-order valence-electron chi connectivity index (χ0n) is 9.30. The SMILES string of the molecule is O=C(c1ccc(F)cc1)N1CCOCC1CO. The summed E-state index contributed by atoms with van der Waals surface area (Å²) in [7, 11) is 0. The molecule has 1 aromatic rings. The molecule has 1 unspecified atom stereocenters. The number of hydrogen-bond donors (Lipinski definition) is 1. The van der Waals surface area contributed by atoms with Gasteiger partial charge in [0.25, 0.3) is 5.91 Å². The van der Waals surface area contributed by atoms with Gasteiger partial charge in [-0.1, -0.05) is 0 Å². The Labute approximate surface area is 98.6 Å². The lowest BCUT2D eigenvalue weighted by molar-refractivity contribution is -0.0183. The molecule has 1 fully saturated rings. The number of aliphatic hydroxyl groups is 1. The number of amides is 1. The highest BCUT2D eigenvalue weighted by Gasteiger charge is 2.27. The lowest BCUT2D eigenvalue weighted by Crippen LogP contribution is -2.50. The second-order valence-corrected chi connectivity index (χ2v) is 3.92. The monoisotopic (exact) mass is 239 g/mol. The number of halogens is 1. The minimum Gasteiger partial charge on any atom is -0.394 e. The zero-order valence-corrected chi connectivity index (χ0v) is 9.30. The molecule has 1 heterocycles. The normalized spacial score (nSPS) is 20.4. The van der Waals surface area contributed by atoms with Gasteiger partial charge in [0.15, 0.2) is 0 Å². The van der Waals surface area contributed by atoms with E-state index in [0.29, 0.717) is 25.3 Å². The zero-order chi connectivity index (χ0) is 12.3. The van der Waals surface area contributed by atoms with Crippen LogP contribution in [-0.4, -0.2) is 48.3 Å². The van der Waals surface area contributed by atoms with Crippen LogP contribution in [0, 0.1) is 5.82 Å². The fourth-order valence-electron chi connectivity index (χ4n) is 1.83. The fraction of sp³-hybridized carbons (Fsp3) is 0.417. The average Bonchev–Trinajstić information content (AvgIpc) is 2.39. The van der Waals surface area contributed by atoms with Gasteiger partial charge in [-0.25, -0.2) is 4.39 Å². The van der Waals surface area contributed by atoms with E-state index in [1.165, 1.54) is 24.3 Å². The van der Waals surface area contributed by atoms with Crippen molar-refractivity contribution in [1.82, 2.24) is 4.90 Å². The summed E-state index contributed by atoms with van der Waals surface area (Å²) in [6.07, 6.45) is 0. The number of hydrogen-bond acceptors (Lipinski definition) is 3. The summed E-state index contributed by atoms with van der Waals surface area (Å²) in [6, 6.07) is 5.08. The maximum atomic E-state index is 12.8. The Hall–Kier alpha value is -1.46. The standard InChI is InChI=1S/C12H14FNO3/c13-10-3-1-9(2-4-10)12(16)14-5-6-17-8-11(14)7-15/h1-4,11,15H,5-8H2. The first-order valence-corrected chi connectivity index (χ1v) is 5.47. The molecule has 0 aliphatic carbocycles. The van der Waals surface area contributed by atoms with Crippen LogP contribution in [0.1, 0.15) is 10.4 Å². The van der Waals surface area contributed by atoms with E-state index in [2.05, 4.69) is 0 Å². The number of benzene rings is 1. The number of ether oxygens (including phenoxy) is 1. The fourth-order valence-corrected chi connectivity index (χ4v) is 1.83. The van der Waals surface area contributed by atoms with Crippen LogP contribution in [0.15, 0.2) is 24.3 Å². The summed E-state index contributed by atoms with van der Waals surface area (Å²) in [6.45, 7) is 1.11. The number of carbonyl (C=O) groups excluding carboxylic acids is 1. The first-order chi connectivity index (χ1) is 8.22. The summed E-state index contributed by atoms with van der Waals surface area (Å²) in [5.41, 5.74) is 0.423. The first-order valence-electron chi connectivity index (χ1n) is 5.47. The van der Waals surface area contributed by atoms with Gasteiger partial charge >= 0.3 is 0 Å². The maximum Gasteiger partial charge on any atom is 0.254 e. The Balaban J connectivity index is 2.15. The summed E-state index contributed by atoms with van der Waals surface area (Å²) in [4.78, 5) is 13.7. The van der Waals surface area contributed by atoms with Gasteiger partial charge in [0, 0.05) is 12.1 Å². The smallest absolute Gasteiger partial charge is 0.254 e. The van der Waals surface area contributed by atoms with Crippen LogP contribution in [0.25, 0.3) is 0 Å². The van der Waals surface area contributed by atoms with E-state index in [-0.39, 0.29) is 24.4 Å².